The number of aromatic nitrogens is 4. The first-order valence-corrected chi connectivity index (χ1v) is 9.32. The standard InChI is InChI=1S/C17H28N6O2/c1-13(2)10-23-15-7-9-21(11-14(15)5-6-17(23)25)16(24)4-3-8-22-12-18-19-20-22/h12-15H,3-11H2,1-2H3/t14-,15+/m0/s1. The van der Waals surface area contributed by atoms with Crippen LogP contribution in [0.3, 0.4) is 0 Å². The van der Waals surface area contributed by atoms with Crippen LogP contribution in [0.5, 0.6) is 0 Å². The molecule has 0 radical (unpaired) electrons. The van der Waals surface area contributed by atoms with E-state index < -0.39 is 0 Å². The Hall–Kier alpha value is -1.99. The van der Waals surface area contributed by atoms with Crippen molar-refractivity contribution in [1.29, 1.82) is 0 Å². The highest BCUT2D eigenvalue weighted by Gasteiger charge is 2.40. The van der Waals surface area contributed by atoms with Crippen LogP contribution in [0.4, 0.5) is 0 Å². The van der Waals surface area contributed by atoms with Crippen molar-refractivity contribution in [3.63, 3.8) is 0 Å². The van der Waals surface area contributed by atoms with Crippen molar-refractivity contribution in [3.8, 4) is 0 Å². The van der Waals surface area contributed by atoms with Gasteiger partial charge in [0.05, 0.1) is 0 Å². The van der Waals surface area contributed by atoms with E-state index in [0.717, 1.165) is 38.9 Å². The number of carbonyl (C=O) groups excluding carboxylic acids is 2. The van der Waals surface area contributed by atoms with E-state index in [1.807, 2.05) is 4.90 Å². The molecule has 0 N–H and O–H groups in total. The fourth-order valence-electron chi connectivity index (χ4n) is 4.04. The SMILES string of the molecule is CC(C)CN1C(=O)CC[C@H]2CN(C(=O)CCCn3cnnn3)CC[C@H]21. The van der Waals surface area contributed by atoms with E-state index in [4.69, 9.17) is 0 Å². The normalized spacial score (nSPS) is 23.9. The van der Waals surface area contributed by atoms with Gasteiger partial charge in [0.1, 0.15) is 6.33 Å². The molecule has 0 saturated carbocycles. The van der Waals surface area contributed by atoms with E-state index in [1.165, 1.54) is 0 Å². The molecule has 2 aliphatic rings. The fourth-order valence-corrected chi connectivity index (χ4v) is 4.04. The molecule has 1 aromatic rings. The first kappa shape index (κ1) is 17.8. The van der Waals surface area contributed by atoms with E-state index in [9.17, 15) is 9.59 Å². The van der Waals surface area contributed by atoms with Gasteiger partial charge in [0.15, 0.2) is 0 Å². The number of likely N-dealkylation sites (tertiary alicyclic amines) is 2. The minimum atomic E-state index is 0.207. The molecule has 2 atom stereocenters. The van der Waals surface area contributed by atoms with Gasteiger partial charge in [0, 0.05) is 45.1 Å². The molecular formula is C17H28N6O2. The summed E-state index contributed by atoms with van der Waals surface area (Å²) in [4.78, 5) is 28.9. The Bertz CT molecular complexity index is 588. The Morgan fingerprint density at radius 1 is 1.36 bits per heavy atom. The predicted molar refractivity (Wildman–Crippen MR) is 91.3 cm³/mol. The van der Waals surface area contributed by atoms with Crippen molar-refractivity contribution in [2.24, 2.45) is 11.8 Å². The smallest absolute Gasteiger partial charge is 0.222 e. The van der Waals surface area contributed by atoms with E-state index in [0.29, 0.717) is 37.3 Å². The van der Waals surface area contributed by atoms with Crippen LogP contribution >= 0.6 is 0 Å². The maximum absolute atomic E-state index is 12.5. The monoisotopic (exact) mass is 348 g/mol. The molecule has 1 aromatic heterocycles. The number of hydrogen-bond donors (Lipinski definition) is 0. The Labute approximate surface area is 148 Å². The molecule has 3 rings (SSSR count). The van der Waals surface area contributed by atoms with Gasteiger partial charge in [-0.1, -0.05) is 13.8 Å². The molecule has 2 fully saturated rings. The van der Waals surface area contributed by atoms with Gasteiger partial charge in [-0.2, -0.15) is 0 Å². The summed E-state index contributed by atoms with van der Waals surface area (Å²) < 4.78 is 1.65. The summed E-state index contributed by atoms with van der Waals surface area (Å²) in [6, 6.07) is 0.314. The van der Waals surface area contributed by atoms with Crippen LogP contribution in [0.25, 0.3) is 0 Å². The molecule has 2 amide bonds. The molecule has 0 spiro atoms. The summed E-state index contributed by atoms with van der Waals surface area (Å²) in [6.07, 6.45) is 5.26. The summed E-state index contributed by atoms with van der Waals surface area (Å²) in [5.41, 5.74) is 0. The lowest BCUT2D eigenvalue weighted by Crippen LogP contribution is -2.57. The predicted octanol–water partition coefficient (Wildman–Crippen LogP) is 0.949. The maximum atomic E-state index is 12.5. The highest BCUT2D eigenvalue weighted by atomic mass is 16.2. The zero-order valence-corrected chi connectivity index (χ0v) is 15.2. The quantitative estimate of drug-likeness (QED) is 0.764. The van der Waals surface area contributed by atoms with Crippen molar-refractivity contribution in [1.82, 2.24) is 30.0 Å². The van der Waals surface area contributed by atoms with Gasteiger partial charge in [0.25, 0.3) is 0 Å². The molecule has 8 nitrogen and oxygen atoms in total. The number of carbonyl (C=O) groups is 2. The number of aryl methyl sites for hydroxylation is 1. The van der Waals surface area contributed by atoms with Crippen LogP contribution in [-0.2, 0) is 16.1 Å². The Kier molecular flexibility index (Phi) is 5.65. The molecule has 0 aliphatic carbocycles. The average molecular weight is 348 g/mol. The number of piperidine rings is 2. The van der Waals surface area contributed by atoms with Gasteiger partial charge in [-0.15, -0.1) is 5.10 Å². The Balaban J connectivity index is 1.50. The second-order valence-electron chi connectivity index (χ2n) is 7.61. The number of hydrogen-bond acceptors (Lipinski definition) is 5. The topological polar surface area (TPSA) is 84.2 Å². The summed E-state index contributed by atoms with van der Waals surface area (Å²) in [6.45, 7) is 7.35. The van der Waals surface area contributed by atoms with Gasteiger partial charge in [0.2, 0.25) is 11.8 Å². The van der Waals surface area contributed by atoms with E-state index >= 15 is 0 Å². The first-order valence-electron chi connectivity index (χ1n) is 9.32. The zero-order chi connectivity index (χ0) is 17.8. The van der Waals surface area contributed by atoms with E-state index in [-0.39, 0.29) is 11.8 Å². The Morgan fingerprint density at radius 3 is 2.92 bits per heavy atom. The van der Waals surface area contributed by atoms with Crippen LogP contribution in [0, 0.1) is 11.8 Å². The average Bonchev–Trinajstić information content (AvgIpc) is 3.10. The largest absolute Gasteiger partial charge is 0.342 e. The van der Waals surface area contributed by atoms with Gasteiger partial charge < -0.3 is 9.80 Å². The highest BCUT2D eigenvalue weighted by molar-refractivity contribution is 5.78. The van der Waals surface area contributed by atoms with Crippen LogP contribution < -0.4 is 0 Å². The Morgan fingerprint density at radius 2 is 2.20 bits per heavy atom. The first-order chi connectivity index (χ1) is 12.0. The van der Waals surface area contributed by atoms with Crippen LogP contribution in [-0.4, -0.2) is 67.5 Å². The molecule has 8 heteroatoms. The van der Waals surface area contributed by atoms with E-state index in [2.05, 4.69) is 34.3 Å². The maximum Gasteiger partial charge on any atom is 0.222 e. The van der Waals surface area contributed by atoms with Crippen LogP contribution in [0.1, 0.15) is 46.0 Å². The molecule has 2 saturated heterocycles. The number of nitrogens with zero attached hydrogens (tertiary/aromatic N) is 6. The minimum Gasteiger partial charge on any atom is -0.342 e. The lowest BCUT2D eigenvalue weighted by Gasteiger charge is -2.47. The van der Waals surface area contributed by atoms with Crippen molar-refractivity contribution in [2.75, 3.05) is 19.6 Å². The summed E-state index contributed by atoms with van der Waals surface area (Å²) in [7, 11) is 0. The van der Waals surface area contributed by atoms with Crippen molar-refractivity contribution in [3.05, 3.63) is 6.33 Å². The molecule has 0 unspecified atom stereocenters. The van der Waals surface area contributed by atoms with Crippen molar-refractivity contribution >= 4 is 11.8 Å². The summed E-state index contributed by atoms with van der Waals surface area (Å²) in [5, 5.41) is 11.0. The van der Waals surface area contributed by atoms with Gasteiger partial charge >= 0.3 is 0 Å². The molecule has 0 bridgehead atoms. The molecule has 25 heavy (non-hydrogen) atoms. The lowest BCUT2D eigenvalue weighted by molar-refractivity contribution is -0.144. The third-order valence-electron chi connectivity index (χ3n) is 5.23. The van der Waals surface area contributed by atoms with Crippen LogP contribution in [0.2, 0.25) is 0 Å². The van der Waals surface area contributed by atoms with Crippen LogP contribution in [0.15, 0.2) is 6.33 Å². The number of tetrazole rings is 1. The summed E-state index contributed by atoms with van der Waals surface area (Å²) in [5.74, 6) is 1.40. The number of rotatable bonds is 6. The van der Waals surface area contributed by atoms with Crippen molar-refractivity contribution in [2.45, 2.75) is 58.5 Å². The van der Waals surface area contributed by atoms with Gasteiger partial charge in [-0.25, -0.2) is 4.68 Å². The number of amides is 2. The molecule has 2 aliphatic heterocycles. The molecule has 3 heterocycles. The van der Waals surface area contributed by atoms with Crippen molar-refractivity contribution < 1.29 is 9.59 Å². The second-order valence-corrected chi connectivity index (χ2v) is 7.61. The third kappa shape index (κ3) is 4.35. The number of fused-ring (bicyclic) bond motifs is 1. The van der Waals surface area contributed by atoms with Gasteiger partial charge in [-0.05, 0) is 41.5 Å². The molecule has 138 valence electrons. The molecule has 0 aromatic carbocycles. The second kappa shape index (κ2) is 7.93. The van der Waals surface area contributed by atoms with Gasteiger partial charge in [-0.3, -0.25) is 9.59 Å². The lowest BCUT2D eigenvalue weighted by atomic mass is 9.83. The zero-order valence-electron chi connectivity index (χ0n) is 15.2. The summed E-state index contributed by atoms with van der Waals surface area (Å²) >= 11 is 0. The third-order valence-corrected chi connectivity index (χ3v) is 5.23. The van der Waals surface area contributed by atoms with E-state index in [1.54, 1.807) is 11.0 Å². The highest BCUT2D eigenvalue weighted by Crippen LogP contribution is 2.32. The molecular weight excluding hydrogens is 320 g/mol. The fraction of sp³-hybridized carbons (Fsp3) is 0.824. The minimum absolute atomic E-state index is 0.207.